The van der Waals surface area contributed by atoms with Gasteiger partial charge in [0.15, 0.2) is 5.78 Å². The van der Waals surface area contributed by atoms with E-state index in [0.717, 1.165) is 23.5 Å². The number of Topliss-reactive ketones (excluding diaryl/α,β-unsaturated/α-hetero) is 1. The summed E-state index contributed by atoms with van der Waals surface area (Å²) in [5.74, 6) is -0.983. The van der Waals surface area contributed by atoms with Gasteiger partial charge in [0.05, 0.1) is 21.8 Å². The lowest BCUT2D eigenvalue weighted by Crippen LogP contribution is -2.19. The highest BCUT2D eigenvalue weighted by Gasteiger charge is 2.33. The summed E-state index contributed by atoms with van der Waals surface area (Å²) in [6.07, 6.45) is -2.04. The number of halogens is 4. The molecule has 2 heterocycles. The second-order valence-corrected chi connectivity index (χ2v) is 9.53. The molecule has 13 heteroatoms. The van der Waals surface area contributed by atoms with Crippen molar-refractivity contribution in [2.24, 2.45) is 0 Å². The summed E-state index contributed by atoms with van der Waals surface area (Å²) in [5.41, 5.74) is 5.60. The summed E-state index contributed by atoms with van der Waals surface area (Å²) in [6.45, 7) is 2.17. The van der Waals surface area contributed by atoms with Gasteiger partial charge < -0.3 is 16.0 Å². The second-order valence-electron chi connectivity index (χ2n) is 8.06. The number of ketones is 1. The highest BCUT2D eigenvalue weighted by molar-refractivity contribution is 7.13. The van der Waals surface area contributed by atoms with Gasteiger partial charge in [-0.2, -0.15) is 13.2 Å². The van der Waals surface area contributed by atoms with Crippen molar-refractivity contribution in [2.45, 2.75) is 32.0 Å². The quantitative estimate of drug-likeness (QED) is 0.402. The summed E-state index contributed by atoms with van der Waals surface area (Å²) in [5, 5.41) is 2.47. The third-order valence-electron chi connectivity index (χ3n) is 4.91. The number of amides is 1. The molecule has 186 valence electrons. The van der Waals surface area contributed by atoms with Crippen molar-refractivity contribution in [3.63, 3.8) is 0 Å². The number of hydrogen-bond donors (Lipinski definition) is 2. The Bertz CT molecular complexity index is 1250. The first-order chi connectivity index (χ1) is 16.4. The van der Waals surface area contributed by atoms with E-state index in [9.17, 15) is 22.8 Å². The molecule has 0 aliphatic rings. The summed E-state index contributed by atoms with van der Waals surface area (Å²) in [4.78, 5) is 39.8. The van der Waals surface area contributed by atoms with Gasteiger partial charge in [-0.3, -0.25) is 9.59 Å². The van der Waals surface area contributed by atoms with Crippen molar-refractivity contribution in [2.75, 3.05) is 25.1 Å². The van der Waals surface area contributed by atoms with E-state index in [1.807, 2.05) is 19.0 Å². The van der Waals surface area contributed by atoms with Crippen molar-refractivity contribution in [1.29, 1.82) is 0 Å². The number of nitrogens with one attached hydrogen (secondary N) is 1. The van der Waals surface area contributed by atoms with Crippen LogP contribution >= 0.6 is 22.9 Å². The minimum absolute atomic E-state index is 0.0559. The molecule has 0 unspecified atom stereocenters. The van der Waals surface area contributed by atoms with E-state index in [-0.39, 0.29) is 40.2 Å². The maximum absolute atomic E-state index is 13.1. The molecule has 1 atom stereocenters. The van der Waals surface area contributed by atoms with Crippen LogP contribution < -0.4 is 11.1 Å². The number of nitrogen functional groups attached to an aromatic ring is 1. The first-order valence-corrected chi connectivity index (χ1v) is 11.5. The molecule has 2 aromatic heterocycles. The predicted octanol–water partition coefficient (Wildman–Crippen LogP) is 4.88. The van der Waals surface area contributed by atoms with Crippen LogP contribution in [-0.2, 0) is 12.7 Å². The molecule has 35 heavy (non-hydrogen) atoms. The number of aromatic nitrogens is 3. The molecule has 3 rings (SSSR count). The smallest absolute Gasteiger partial charge is 0.383 e. The maximum atomic E-state index is 13.1. The number of alkyl halides is 3. The summed E-state index contributed by atoms with van der Waals surface area (Å²) >= 11 is 6.66. The van der Waals surface area contributed by atoms with Crippen molar-refractivity contribution in [1.82, 2.24) is 19.9 Å². The Hall–Kier alpha value is -3.09. The third kappa shape index (κ3) is 6.53. The van der Waals surface area contributed by atoms with Gasteiger partial charge >= 0.3 is 6.18 Å². The minimum atomic E-state index is -4.65. The van der Waals surface area contributed by atoms with Crippen molar-refractivity contribution >= 4 is 46.1 Å². The van der Waals surface area contributed by atoms with Gasteiger partial charge in [-0.1, -0.05) is 18.5 Å². The van der Waals surface area contributed by atoms with Gasteiger partial charge in [0.25, 0.3) is 5.91 Å². The second kappa shape index (κ2) is 10.7. The molecule has 3 aromatic rings. The lowest BCUT2D eigenvalue weighted by atomic mass is 10.0. The Morgan fingerprint density at radius 3 is 2.60 bits per heavy atom. The topological polar surface area (TPSA) is 114 Å². The molecule has 0 aliphatic heterocycles. The largest absolute Gasteiger partial charge is 0.417 e. The predicted molar refractivity (Wildman–Crippen MR) is 128 cm³/mol. The van der Waals surface area contributed by atoms with Crippen LogP contribution in [0.15, 0.2) is 30.7 Å². The highest BCUT2D eigenvalue weighted by atomic mass is 35.5. The zero-order chi connectivity index (χ0) is 25.9. The van der Waals surface area contributed by atoms with E-state index in [0.29, 0.717) is 17.1 Å². The maximum Gasteiger partial charge on any atom is 0.417 e. The first-order valence-electron chi connectivity index (χ1n) is 10.3. The van der Waals surface area contributed by atoms with E-state index < -0.39 is 22.7 Å². The van der Waals surface area contributed by atoms with Crippen LogP contribution in [0.2, 0.25) is 5.02 Å². The molecule has 8 nitrogen and oxygen atoms in total. The Kier molecular flexibility index (Phi) is 8.08. The molecule has 0 bridgehead atoms. The molecule has 0 radical (unpaired) electrons. The standard InChI is InChI=1S/C22H22ClF3N6O2S/c1-11(6-16(33)18-13(9-32(2)3)19(27)30-10-29-18)21-28-8-17(35-21)20(34)31-12-4-5-15(23)14(7-12)22(24,25)26/h4-5,7-8,10-11H,6,9H2,1-3H3,(H,31,34)(H2,27,29,30)/t11-/m1/s1. The zero-order valence-corrected chi connectivity index (χ0v) is 20.6. The Labute approximate surface area is 208 Å². The molecular weight excluding hydrogens is 505 g/mol. The van der Waals surface area contributed by atoms with Crippen molar-refractivity contribution < 1.29 is 22.8 Å². The molecule has 1 aromatic carbocycles. The van der Waals surface area contributed by atoms with E-state index in [1.165, 1.54) is 18.6 Å². The Morgan fingerprint density at radius 2 is 1.94 bits per heavy atom. The molecule has 0 saturated carbocycles. The fourth-order valence-corrected chi connectivity index (χ4v) is 4.32. The molecule has 1 amide bonds. The SMILES string of the molecule is C[C@H](CC(=O)c1ncnc(N)c1CN(C)C)c1ncc(C(=O)Nc2ccc(Cl)c(C(F)(F)F)c2)s1. The van der Waals surface area contributed by atoms with E-state index in [4.69, 9.17) is 17.3 Å². The number of hydrogen-bond acceptors (Lipinski definition) is 8. The number of rotatable bonds is 8. The van der Waals surface area contributed by atoms with Crippen LogP contribution in [0.25, 0.3) is 0 Å². The van der Waals surface area contributed by atoms with E-state index in [2.05, 4.69) is 20.3 Å². The van der Waals surface area contributed by atoms with Crippen LogP contribution in [0.1, 0.15) is 55.6 Å². The Balaban J connectivity index is 1.72. The van der Waals surface area contributed by atoms with Crippen LogP contribution in [0.4, 0.5) is 24.7 Å². The monoisotopic (exact) mass is 526 g/mol. The first kappa shape index (κ1) is 26.5. The third-order valence-corrected chi connectivity index (χ3v) is 6.46. The van der Waals surface area contributed by atoms with Gasteiger partial charge in [0.2, 0.25) is 0 Å². The van der Waals surface area contributed by atoms with E-state index >= 15 is 0 Å². The van der Waals surface area contributed by atoms with Gasteiger partial charge in [0.1, 0.15) is 22.7 Å². The molecule has 0 spiro atoms. The molecule has 3 N–H and O–H groups in total. The minimum Gasteiger partial charge on any atom is -0.383 e. The molecule has 0 aliphatic carbocycles. The normalized spacial score (nSPS) is 12.6. The zero-order valence-electron chi connectivity index (χ0n) is 19.0. The van der Waals surface area contributed by atoms with Crippen molar-refractivity contribution in [3.05, 3.63) is 62.5 Å². The average Bonchev–Trinajstić information content (AvgIpc) is 3.26. The van der Waals surface area contributed by atoms with Crippen LogP contribution in [0.3, 0.4) is 0 Å². The summed E-state index contributed by atoms with van der Waals surface area (Å²) in [6, 6.07) is 3.11. The number of nitrogens with zero attached hydrogens (tertiary/aromatic N) is 4. The number of thiazole rings is 1. The number of anilines is 2. The van der Waals surface area contributed by atoms with Gasteiger partial charge in [-0.05, 0) is 32.3 Å². The van der Waals surface area contributed by atoms with Crippen LogP contribution in [0.5, 0.6) is 0 Å². The van der Waals surface area contributed by atoms with Crippen LogP contribution in [-0.4, -0.2) is 45.6 Å². The summed E-state index contributed by atoms with van der Waals surface area (Å²) < 4.78 is 39.2. The summed E-state index contributed by atoms with van der Waals surface area (Å²) in [7, 11) is 3.67. The van der Waals surface area contributed by atoms with E-state index in [1.54, 1.807) is 6.92 Å². The van der Waals surface area contributed by atoms with Gasteiger partial charge in [-0.25, -0.2) is 15.0 Å². The average molecular weight is 527 g/mol. The number of nitrogens with two attached hydrogens (primary N) is 1. The van der Waals surface area contributed by atoms with Crippen LogP contribution in [0, 0.1) is 0 Å². The number of carbonyl (C=O) groups is 2. The fourth-order valence-electron chi connectivity index (χ4n) is 3.23. The molecular formula is C22H22ClF3N6O2S. The lowest BCUT2D eigenvalue weighted by molar-refractivity contribution is -0.137. The van der Waals surface area contributed by atoms with Gasteiger partial charge in [0, 0.05) is 30.1 Å². The number of carbonyl (C=O) groups excluding carboxylic acids is 2. The van der Waals surface area contributed by atoms with Crippen molar-refractivity contribution in [3.8, 4) is 0 Å². The fraction of sp³-hybridized carbons (Fsp3) is 0.318. The Morgan fingerprint density at radius 1 is 1.23 bits per heavy atom. The molecule has 0 saturated heterocycles. The van der Waals surface area contributed by atoms with Gasteiger partial charge in [-0.15, -0.1) is 11.3 Å². The lowest BCUT2D eigenvalue weighted by Gasteiger charge is -2.15. The number of benzene rings is 1. The molecule has 0 fully saturated rings. The highest BCUT2D eigenvalue weighted by Crippen LogP contribution is 2.36.